The van der Waals surface area contributed by atoms with Crippen molar-refractivity contribution in [3.8, 4) is 0 Å². The molecule has 6 nitrogen and oxygen atoms in total. The number of fused-ring (bicyclic) bond motifs is 1. The molecule has 6 heteroatoms. The number of rotatable bonds is 4. The minimum atomic E-state index is -0.245. The van der Waals surface area contributed by atoms with Crippen molar-refractivity contribution >= 4 is 11.7 Å². The van der Waals surface area contributed by atoms with Crippen molar-refractivity contribution in [2.75, 3.05) is 0 Å². The van der Waals surface area contributed by atoms with Crippen LogP contribution in [-0.4, -0.2) is 20.6 Å². The van der Waals surface area contributed by atoms with Gasteiger partial charge in [0.1, 0.15) is 0 Å². The van der Waals surface area contributed by atoms with Crippen LogP contribution in [0.3, 0.4) is 0 Å². The lowest BCUT2D eigenvalue weighted by atomic mass is 10.1. The van der Waals surface area contributed by atoms with E-state index in [9.17, 15) is 4.79 Å². The summed E-state index contributed by atoms with van der Waals surface area (Å²) < 4.78 is 1.87. The molecule has 3 aromatic rings. The lowest BCUT2D eigenvalue weighted by Crippen LogP contribution is -2.37. The summed E-state index contributed by atoms with van der Waals surface area (Å²) in [6.07, 6.45) is 1.88. The maximum absolute atomic E-state index is 12.0. The van der Waals surface area contributed by atoms with Crippen molar-refractivity contribution in [3.63, 3.8) is 0 Å². The number of nitrogens with one attached hydrogen (secondary N) is 2. The molecule has 23 heavy (non-hydrogen) atoms. The Morgan fingerprint density at radius 2 is 1.96 bits per heavy atom. The van der Waals surface area contributed by atoms with Crippen LogP contribution < -0.4 is 10.6 Å². The van der Waals surface area contributed by atoms with Crippen molar-refractivity contribution in [2.24, 2.45) is 0 Å². The quantitative estimate of drug-likeness (QED) is 0.778. The molecule has 0 fully saturated rings. The number of carbonyl (C=O) groups excluding carboxylic acids is 1. The number of nitrogens with zero attached hydrogens (tertiary/aromatic N) is 3. The van der Waals surface area contributed by atoms with Crippen molar-refractivity contribution in [2.45, 2.75) is 26.4 Å². The summed E-state index contributed by atoms with van der Waals surface area (Å²) in [6, 6.07) is 13.3. The molecule has 0 aliphatic rings. The maximum atomic E-state index is 12.0. The molecule has 2 heterocycles. The first-order chi connectivity index (χ1) is 11.1. The second-order valence-electron chi connectivity index (χ2n) is 5.52. The van der Waals surface area contributed by atoms with E-state index in [4.69, 9.17) is 0 Å². The molecule has 118 valence electrons. The molecule has 0 aliphatic heterocycles. The predicted octanol–water partition coefficient (Wildman–Crippen LogP) is 2.60. The first-order valence-electron chi connectivity index (χ1n) is 7.53. The number of urea groups is 1. The lowest BCUT2D eigenvalue weighted by Gasteiger charge is -2.13. The topological polar surface area (TPSA) is 71.3 Å². The Kier molecular flexibility index (Phi) is 4.23. The second kappa shape index (κ2) is 6.48. The molecule has 0 radical (unpaired) electrons. The molecule has 2 N–H and O–H groups in total. The van der Waals surface area contributed by atoms with Gasteiger partial charge < -0.3 is 10.6 Å². The number of hydrogen-bond acceptors (Lipinski definition) is 3. The summed E-state index contributed by atoms with van der Waals surface area (Å²) in [5, 5.41) is 14.0. The van der Waals surface area contributed by atoms with Crippen LogP contribution in [-0.2, 0) is 6.54 Å². The van der Waals surface area contributed by atoms with E-state index in [0.29, 0.717) is 12.4 Å². The number of hydrogen-bond donors (Lipinski definition) is 2. The van der Waals surface area contributed by atoms with Crippen LogP contribution in [0.25, 0.3) is 5.65 Å². The fraction of sp³-hybridized carbons (Fsp3) is 0.235. The standard InChI is InChI=1S/C17H19N5O/c1-12-6-8-14(9-7-12)11-18-17(23)19-13(2)16-21-20-15-5-3-4-10-22(15)16/h3-10,13H,11H2,1-2H3,(H2,18,19,23). The van der Waals surface area contributed by atoms with E-state index in [1.54, 1.807) is 0 Å². The number of benzene rings is 1. The van der Waals surface area contributed by atoms with Gasteiger partial charge in [-0.05, 0) is 31.5 Å². The smallest absolute Gasteiger partial charge is 0.315 e. The summed E-state index contributed by atoms with van der Waals surface area (Å²) >= 11 is 0. The molecule has 2 amide bonds. The Labute approximate surface area is 134 Å². The molecule has 0 aliphatic carbocycles. The van der Waals surface area contributed by atoms with E-state index in [1.165, 1.54) is 5.56 Å². The van der Waals surface area contributed by atoms with Crippen LogP contribution >= 0.6 is 0 Å². The van der Waals surface area contributed by atoms with Crippen LogP contribution in [0.4, 0.5) is 4.79 Å². The monoisotopic (exact) mass is 309 g/mol. The Morgan fingerprint density at radius 3 is 2.74 bits per heavy atom. The summed E-state index contributed by atoms with van der Waals surface area (Å²) in [5.74, 6) is 0.700. The highest BCUT2D eigenvalue weighted by atomic mass is 16.2. The first-order valence-corrected chi connectivity index (χ1v) is 7.53. The van der Waals surface area contributed by atoms with Crippen LogP contribution in [0, 0.1) is 6.92 Å². The fourth-order valence-electron chi connectivity index (χ4n) is 2.36. The lowest BCUT2D eigenvalue weighted by molar-refractivity contribution is 0.237. The minimum absolute atomic E-state index is 0.231. The Morgan fingerprint density at radius 1 is 1.17 bits per heavy atom. The highest BCUT2D eigenvalue weighted by molar-refractivity contribution is 5.74. The molecule has 1 atom stereocenters. The minimum Gasteiger partial charge on any atom is -0.334 e. The van der Waals surface area contributed by atoms with Gasteiger partial charge in [0.2, 0.25) is 0 Å². The molecule has 0 saturated carbocycles. The van der Waals surface area contributed by atoms with Gasteiger partial charge in [-0.15, -0.1) is 10.2 Å². The normalized spacial score (nSPS) is 12.1. The average Bonchev–Trinajstić information content (AvgIpc) is 2.98. The third-order valence-corrected chi connectivity index (χ3v) is 3.65. The van der Waals surface area contributed by atoms with Gasteiger partial charge in [0.05, 0.1) is 6.04 Å². The molecule has 1 aromatic carbocycles. The molecule has 2 aromatic heterocycles. The zero-order valence-electron chi connectivity index (χ0n) is 13.2. The van der Waals surface area contributed by atoms with Crippen LogP contribution in [0.15, 0.2) is 48.7 Å². The van der Waals surface area contributed by atoms with Gasteiger partial charge in [-0.1, -0.05) is 35.9 Å². The highest BCUT2D eigenvalue weighted by Gasteiger charge is 2.15. The van der Waals surface area contributed by atoms with Crippen LogP contribution in [0.2, 0.25) is 0 Å². The van der Waals surface area contributed by atoms with Gasteiger partial charge in [-0.2, -0.15) is 0 Å². The molecule has 1 unspecified atom stereocenters. The van der Waals surface area contributed by atoms with E-state index in [-0.39, 0.29) is 12.1 Å². The number of aromatic nitrogens is 3. The first kappa shape index (κ1) is 15.0. The van der Waals surface area contributed by atoms with Crippen molar-refractivity contribution in [1.29, 1.82) is 0 Å². The SMILES string of the molecule is Cc1ccc(CNC(=O)NC(C)c2nnc3ccccn23)cc1. The van der Waals surface area contributed by atoms with Gasteiger partial charge >= 0.3 is 6.03 Å². The average molecular weight is 309 g/mol. The zero-order chi connectivity index (χ0) is 16.2. The second-order valence-corrected chi connectivity index (χ2v) is 5.52. The van der Waals surface area contributed by atoms with Crippen LogP contribution in [0.1, 0.15) is 29.9 Å². The molecule has 0 spiro atoms. The highest BCUT2D eigenvalue weighted by Crippen LogP contribution is 2.11. The third kappa shape index (κ3) is 3.48. The van der Waals surface area contributed by atoms with Crippen molar-refractivity contribution < 1.29 is 4.79 Å². The van der Waals surface area contributed by atoms with Gasteiger partial charge in [0, 0.05) is 12.7 Å². The Balaban J connectivity index is 1.60. The van der Waals surface area contributed by atoms with Crippen molar-refractivity contribution in [1.82, 2.24) is 25.2 Å². The largest absolute Gasteiger partial charge is 0.334 e. The van der Waals surface area contributed by atoms with E-state index >= 15 is 0 Å². The van der Waals surface area contributed by atoms with E-state index in [0.717, 1.165) is 11.2 Å². The zero-order valence-corrected chi connectivity index (χ0v) is 13.2. The molecule has 0 bridgehead atoms. The van der Waals surface area contributed by atoms with Gasteiger partial charge in [0.15, 0.2) is 11.5 Å². The molecular weight excluding hydrogens is 290 g/mol. The number of aryl methyl sites for hydroxylation is 1. The summed E-state index contributed by atoms with van der Waals surface area (Å²) in [6.45, 7) is 4.41. The Hall–Kier alpha value is -2.89. The van der Waals surface area contributed by atoms with E-state index in [2.05, 4.69) is 20.8 Å². The van der Waals surface area contributed by atoms with Gasteiger partial charge in [-0.3, -0.25) is 4.40 Å². The van der Waals surface area contributed by atoms with E-state index < -0.39 is 0 Å². The maximum Gasteiger partial charge on any atom is 0.315 e. The van der Waals surface area contributed by atoms with Crippen LogP contribution in [0.5, 0.6) is 0 Å². The number of amides is 2. The molecule has 3 rings (SSSR count). The summed E-state index contributed by atoms with van der Waals surface area (Å²) in [5.41, 5.74) is 3.02. The fourth-order valence-corrected chi connectivity index (χ4v) is 2.36. The van der Waals surface area contributed by atoms with E-state index in [1.807, 2.05) is 66.9 Å². The number of carbonyl (C=O) groups is 1. The molecular formula is C17H19N5O. The van der Waals surface area contributed by atoms with Gasteiger partial charge in [-0.25, -0.2) is 4.79 Å². The summed E-state index contributed by atoms with van der Waals surface area (Å²) in [7, 11) is 0. The number of pyridine rings is 1. The Bertz CT molecular complexity index is 809. The molecule has 0 saturated heterocycles. The van der Waals surface area contributed by atoms with Gasteiger partial charge in [0.25, 0.3) is 0 Å². The third-order valence-electron chi connectivity index (χ3n) is 3.65. The predicted molar refractivity (Wildman–Crippen MR) is 88.0 cm³/mol. The summed E-state index contributed by atoms with van der Waals surface area (Å²) in [4.78, 5) is 12.0. The van der Waals surface area contributed by atoms with Crippen molar-refractivity contribution in [3.05, 3.63) is 65.6 Å².